The highest BCUT2D eigenvalue weighted by Gasteiger charge is 2.42. The number of carbonyl (C=O) groups is 3. The van der Waals surface area contributed by atoms with Gasteiger partial charge in [-0.25, -0.2) is 0 Å². The number of hydrogen-bond donors (Lipinski definition) is 2. The van der Waals surface area contributed by atoms with E-state index in [4.69, 9.17) is 9.47 Å². The molecule has 0 aliphatic carbocycles. The summed E-state index contributed by atoms with van der Waals surface area (Å²) in [7, 11) is 0. The molecule has 0 saturated carbocycles. The third kappa shape index (κ3) is 3.39. The van der Waals surface area contributed by atoms with Gasteiger partial charge in [-0.1, -0.05) is 12.1 Å². The van der Waals surface area contributed by atoms with Gasteiger partial charge < -0.3 is 29.9 Å². The molecule has 0 spiro atoms. The molecule has 4 aliphatic heterocycles. The molecule has 2 saturated heterocycles. The highest BCUT2D eigenvalue weighted by atomic mass is 16.7. The fourth-order valence-corrected chi connectivity index (χ4v) is 5.14. The van der Waals surface area contributed by atoms with Crippen molar-refractivity contribution in [3.8, 4) is 22.6 Å². The molecule has 9 nitrogen and oxygen atoms in total. The molecule has 6 rings (SSSR count). The lowest BCUT2D eigenvalue weighted by molar-refractivity contribution is -0.658. The molecule has 3 N–H and O–H groups in total. The van der Waals surface area contributed by atoms with Crippen LogP contribution in [0.15, 0.2) is 36.4 Å². The lowest BCUT2D eigenvalue weighted by atomic mass is 10.0. The Morgan fingerprint density at radius 2 is 1.85 bits per heavy atom. The van der Waals surface area contributed by atoms with Crippen molar-refractivity contribution in [1.29, 1.82) is 0 Å². The van der Waals surface area contributed by atoms with Gasteiger partial charge in [-0.05, 0) is 35.4 Å². The first-order chi connectivity index (χ1) is 16.1. The van der Waals surface area contributed by atoms with Crippen LogP contribution in [0.25, 0.3) is 11.1 Å². The Bertz CT molecular complexity index is 1160. The summed E-state index contributed by atoms with van der Waals surface area (Å²) >= 11 is 0. The van der Waals surface area contributed by atoms with Gasteiger partial charge in [-0.3, -0.25) is 14.4 Å². The van der Waals surface area contributed by atoms with Crippen LogP contribution in [0.2, 0.25) is 0 Å². The first-order valence-corrected chi connectivity index (χ1v) is 11.4. The zero-order chi connectivity index (χ0) is 22.5. The number of quaternary nitrogens is 1. The van der Waals surface area contributed by atoms with E-state index >= 15 is 0 Å². The van der Waals surface area contributed by atoms with Crippen LogP contribution in [0.4, 0.5) is 5.69 Å². The number of amides is 3. The Labute approximate surface area is 190 Å². The van der Waals surface area contributed by atoms with Crippen LogP contribution in [0.5, 0.6) is 11.5 Å². The number of benzene rings is 2. The van der Waals surface area contributed by atoms with Crippen LogP contribution in [0, 0.1) is 0 Å². The van der Waals surface area contributed by atoms with Crippen molar-refractivity contribution < 1.29 is 29.2 Å². The molecule has 4 heterocycles. The highest BCUT2D eigenvalue weighted by molar-refractivity contribution is 6.11. The summed E-state index contributed by atoms with van der Waals surface area (Å²) < 4.78 is 10.9. The van der Waals surface area contributed by atoms with Gasteiger partial charge in [0.2, 0.25) is 12.7 Å². The molecule has 0 radical (unpaired) electrons. The zero-order valence-electron chi connectivity index (χ0n) is 18.1. The maximum atomic E-state index is 13.5. The molecule has 4 aliphatic rings. The Hall–Kier alpha value is -3.59. The number of carbonyl (C=O) groups excluding carboxylic acids is 3. The largest absolute Gasteiger partial charge is 0.454 e. The van der Waals surface area contributed by atoms with E-state index < -0.39 is 6.04 Å². The monoisotopic (exact) mass is 449 g/mol. The summed E-state index contributed by atoms with van der Waals surface area (Å²) in [6.45, 7) is 2.16. The molecule has 2 aromatic rings. The fraction of sp³-hybridized carbons (Fsp3) is 0.375. The maximum absolute atomic E-state index is 13.5. The van der Waals surface area contributed by atoms with Gasteiger partial charge in [0.25, 0.3) is 11.8 Å². The predicted molar refractivity (Wildman–Crippen MR) is 118 cm³/mol. The van der Waals surface area contributed by atoms with E-state index in [-0.39, 0.29) is 37.1 Å². The van der Waals surface area contributed by atoms with Crippen LogP contribution >= 0.6 is 0 Å². The molecule has 2 atom stereocenters. The van der Waals surface area contributed by atoms with Crippen molar-refractivity contribution in [2.24, 2.45) is 0 Å². The second kappa shape index (κ2) is 7.77. The van der Waals surface area contributed by atoms with Crippen LogP contribution in [-0.4, -0.2) is 72.6 Å². The molecule has 0 unspecified atom stereocenters. The van der Waals surface area contributed by atoms with E-state index in [1.165, 1.54) is 0 Å². The molecular weight excluding hydrogens is 424 g/mol. The minimum absolute atomic E-state index is 0.0671. The van der Waals surface area contributed by atoms with Crippen molar-refractivity contribution >= 4 is 23.4 Å². The summed E-state index contributed by atoms with van der Waals surface area (Å²) in [6.07, 6.45) is 1.89. The summed E-state index contributed by atoms with van der Waals surface area (Å²) in [5, 5.41) is 4.98. The zero-order valence-corrected chi connectivity index (χ0v) is 18.1. The van der Waals surface area contributed by atoms with E-state index in [0.29, 0.717) is 35.8 Å². The Morgan fingerprint density at radius 3 is 2.70 bits per heavy atom. The highest BCUT2D eigenvalue weighted by Crippen LogP contribution is 2.37. The number of hydrogen-bond acceptors (Lipinski definition) is 5. The van der Waals surface area contributed by atoms with Gasteiger partial charge >= 0.3 is 0 Å². The minimum Gasteiger partial charge on any atom is -0.454 e. The van der Waals surface area contributed by atoms with Gasteiger partial charge in [-0.2, -0.15) is 0 Å². The number of piperazine rings is 1. The molecule has 170 valence electrons. The number of nitrogens with two attached hydrogens (primary N) is 1. The van der Waals surface area contributed by atoms with Gasteiger partial charge in [0.05, 0.1) is 24.3 Å². The lowest BCUT2D eigenvalue weighted by Crippen LogP contribution is -2.89. The standard InChI is InChI=1S/C24H24N4O5/c29-22-19-12-27(24(31)18-2-1-7-25-18)8-9-28(19)23(30)16-10-14(3-5-17(16)26-22)15-4-6-20-21(11-15)33-13-32-20/h3-6,10-11,18-19,25H,1-2,7-9,12-13H2,(H,26,29)/p+1/t18-,19+/m1/s1. The molecule has 2 aromatic carbocycles. The number of nitrogens with one attached hydrogen (secondary N) is 1. The molecule has 2 fully saturated rings. The van der Waals surface area contributed by atoms with Crippen molar-refractivity contribution in [1.82, 2.24) is 9.80 Å². The molecule has 3 amide bonds. The average molecular weight is 449 g/mol. The smallest absolute Gasteiger partial charge is 0.280 e. The van der Waals surface area contributed by atoms with Crippen LogP contribution < -0.4 is 20.1 Å². The number of rotatable bonds is 2. The third-order valence-corrected chi connectivity index (χ3v) is 6.96. The van der Waals surface area contributed by atoms with Crippen molar-refractivity contribution in [2.45, 2.75) is 24.9 Å². The van der Waals surface area contributed by atoms with Crippen LogP contribution in [-0.2, 0) is 9.59 Å². The van der Waals surface area contributed by atoms with E-state index in [0.717, 1.165) is 30.5 Å². The Balaban J connectivity index is 1.28. The van der Waals surface area contributed by atoms with Gasteiger partial charge in [0, 0.05) is 25.9 Å². The first kappa shape index (κ1) is 20.0. The number of ether oxygens (including phenoxy) is 2. The SMILES string of the molecule is O=C1Nc2ccc(-c3ccc4c(c3)OCO4)cc2C(=O)N2CCN(C(=O)[C@H]3CCC[NH2+]3)C[C@@H]12. The van der Waals surface area contributed by atoms with Crippen molar-refractivity contribution in [3.63, 3.8) is 0 Å². The van der Waals surface area contributed by atoms with Gasteiger partial charge in [-0.15, -0.1) is 0 Å². The van der Waals surface area contributed by atoms with Crippen molar-refractivity contribution in [3.05, 3.63) is 42.0 Å². The maximum Gasteiger partial charge on any atom is 0.280 e. The molecule has 33 heavy (non-hydrogen) atoms. The number of anilines is 1. The number of nitrogens with zero attached hydrogens (tertiary/aromatic N) is 2. The molecule has 0 bridgehead atoms. The summed E-state index contributed by atoms with van der Waals surface area (Å²) in [5.41, 5.74) is 2.68. The first-order valence-electron chi connectivity index (χ1n) is 11.4. The minimum atomic E-state index is -0.696. The number of fused-ring (bicyclic) bond motifs is 3. The Kier molecular flexibility index (Phi) is 4.72. The quantitative estimate of drug-likeness (QED) is 0.691. The van der Waals surface area contributed by atoms with Crippen molar-refractivity contribution in [2.75, 3.05) is 38.3 Å². The van der Waals surface area contributed by atoms with Gasteiger partial charge in [0.15, 0.2) is 17.5 Å². The molecular formula is C24H25N4O5+. The summed E-state index contributed by atoms with van der Waals surface area (Å²) in [4.78, 5) is 42.8. The third-order valence-electron chi connectivity index (χ3n) is 6.96. The summed E-state index contributed by atoms with van der Waals surface area (Å²) in [5.74, 6) is 0.977. The van der Waals surface area contributed by atoms with E-state index in [2.05, 4.69) is 10.6 Å². The average Bonchev–Trinajstić information content (AvgIpc) is 3.53. The van der Waals surface area contributed by atoms with E-state index in [1.54, 1.807) is 15.9 Å². The van der Waals surface area contributed by atoms with E-state index in [1.807, 2.05) is 30.3 Å². The second-order valence-electron chi connectivity index (χ2n) is 8.89. The summed E-state index contributed by atoms with van der Waals surface area (Å²) in [6, 6.07) is 10.3. The predicted octanol–water partition coefficient (Wildman–Crippen LogP) is 0.413. The second-order valence-corrected chi connectivity index (χ2v) is 8.89. The molecule has 9 heteroatoms. The van der Waals surface area contributed by atoms with Gasteiger partial charge in [0.1, 0.15) is 6.04 Å². The topological polar surface area (TPSA) is 105 Å². The Morgan fingerprint density at radius 1 is 1.03 bits per heavy atom. The van der Waals surface area contributed by atoms with Crippen LogP contribution in [0.3, 0.4) is 0 Å². The fourth-order valence-electron chi connectivity index (χ4n) is 5.14. The van der Waals surface area contributed by atoms with Crippen LogP contribution in [0.1, 0.15) is 23.2 Å². The molecule has 0 aromatic heterocycles. The normalized spacial score (nSPS) is 23.6. The lowest BCUT2D eigenvalue weighted by Gasteiger charge is -2.39. The van der Waals surface area contributed by atoms with E-state index in [9.17, 15) is 14.4 Å².